The first kappa shape index (κ1) is 9.83. The first-order valence-electron chi connectivity index (χ1n) is 5.08. The molecule has 2 amide bonds. The highest BCUT2D eigenvalue weighted by Gasteiger charge is 2.16. The lowest BCUT2D eigenvalue weighted by Gasteiger charge is -2.01. The van der Waals surface area contributed by atoms with Crippen LogP contribution in [-0.4, -0.2) is 6.03 Å². The molecule has 4 nitrogen and oxygen atoms in total. The Bertz CT molecular complexity index is 339. The number of urea groups is 1. The second-order valence-electron chi connectivity index (χ2n) is 3.60. The molecule has 1 heterocycles. The van der Waals surface area contributed by atoms with Crippen molar-refractivity contribution in [2.45, 2.75) is 19.4 Å². The molecule has 1 aromatic rings. The molecule has 1 aromatic heterocycles. The van der Waals surface area contributed by atoms with Gasteiger partial charge in [-0.25, -0.2) is 4.79 Å². The zero-order chi connectivity index (χ0) is 10.5. The standard InChI is InChI=1S/C11H14N2O2/c14-11(12-6-5-9-3-4-9)13-8-10-2-1-7-15-10/h1-2,5-7,9H,3-4,8H2,(H2,12,13,14)/b6-5+. The normalized spacial score (nSPS) is 15.5. The molecule has 15 heavy (non-hydrogen) atoms. The minimum atomic E-state index is -0.205. The zero-order valence-electron chi connectivity index (χ0n) is 8.40. The molecule has 2 rings (SSSR count). The second-order valence-corrected chi connectivity index (χ2v) is 3.60. The number of hydrogen-bond acceptors (Lipinski definition) is 2. The van der Waals surface area contributed by atoms with Gasteiger partial charge in [0.1, 0.15) is 5.76 Å². The first-order chi connectivity index (χ1) is 7.34. The van der Waals surface area contributed by atoms with Gasteiger partial charge in [0, 0.05) is 6.20 Å². The van der Waals surface area contributed by atoms with Crippen LogP contribution in [0.4, 0.5) is 4.79 Å². The average molecular weight is 206 g/mol. The summed E-state index contributed by atoms with van der Waals surface area (Å²) in [6.07, 6.45) is 7.79. The fourth-order valence-electron chi connectivity index (χ4n) is 1.18. The molecule has 1 aliphatic rings. The zero-order valence-corrected chi connectivity index (χ0v) is 8.40. The van der Waals surface area contributed by atoms with E-state index in [1.54, 1.807) is 18.5 Å². The lowest BCUT2D eigenvalue weighted by Crippen LogP contribution is -2.31. The summed E-state index contributed by atoms with van der Waals surface area (Å²) in [5, 5.41) is 5.33. The third kappa shape index (κ3) is 3.50. The largest absolute Gasteiger partial charge is 0.467 e. The van der Waals surface area contributed by atoms with Crippen molar-refractivity contribution >= 4 is 6.03 Å². The van der Waals surface area contributed by atoms with Crippen LogP contribution < -0.4 is 10.6 Å². The number of carbonyl (C=O) groups is 1. The Balaban J connectivity index is 1.63. The van der Waals surface area contributed by atoms with Crippen molar-refractivity contribution in [3.05, 3.63) is 36.4 Å². The van der Waals surface area contributed by atoms with Crippen molar-refractivity contribution in [3.63, 3.8) is 0 Å². The predicted octanol–water partition coefficient (Wildman–Crippen LogP) is 2.00. The molecule has 0 saturated heterocycles. The van der Waals surface area contributed by atoms with Crippen LogP contribution in [0.3, 0.4) is 0 Å². The summed E-state index contributed by atoms with van der Waals surface area (Å²) in [7, 11) is 0. The van der Waals surface area contributed by atoms with Crippen LogP contribution in [0, 0.1) is 5.92 Å². The molecule has 1 aliphatic carbocycles. The van der Waals surface area contributed by atoms with Gasteiger partial charge < -0.3 is 15.1 Å². The molecule has 0 bridgehead atoms. The molecule has 2 N–H and O–H groups in total. The van der Waals surface area contributed by atoms with Gasteiger partial charge in [-0.15, -0.1) is 0 Å². The van der Waals surface area contributed by atoms with Crippen molar-refractivity contribution in [2.24, 2.45) is 5.92 Å². The average Bonchev–Trinajstić information content (AvgIpc) is 2.91. The van der Waals surface area contributed by atoms with Gasteiger partial charge in [0.25, 0.3) is 0 Å². The van der Waals surface area contributed by atoms with E-state index in [-0.39, 0.29) is 6.03 Å². The monoisotopic (exact) mass is 206 g/mol. The molecule has 0 aliphatic heterocycles. The van der Waals surface area contributed by atoms with Gasteiger partial charge in [-0.2, -0.15) is 0 Å². The van der Waals surface area contributed by atoms with E-state index >= 15 is 0 Å². The van der Waals surface area contributed by atoms with Crippen molar-refractivity contribution in [2.75, 3.05) is 0 Å². The highest BCUT2D eigenvalue weighted by molar-refractivity contribution is 5.74. The molecule has 0 radical (unpaired) electrons. The smallest absolute Gasteiger partial charge is 0.319 e. The second kappa shape index (κ2) is 4.68. The van der Waals surface area contributed by atoms with E-state index < -0.39 is 0 Å². The quantitative estimate of drug-likeness (QED) is 0.791. The van der Waals surface area contributed by atoms with Crippen LogP contribution in [-0.2, 0) is 6.54 Å². The van der Waals surface area contributed by atoms with Crippen LogP contribution >= 0.6 is 0 Å². The Morgan fingerprint density at radius 2 is 2.47 bits per heavy atom. The fourth-order valence-corrected chi connectivity index (χ4v) is 1.18. The van der Waals surface area contributed by atoms with E-state index in [2.05, 4.69) is 10.6 Å². The maximum absolute atomic E-state index is 11.2. The molecule has 0 aromatic carbocycles. The van der Waals surface area contributed by atoms with E-state index in [0.29, 0.717) is 12.5 Å². The van der Waals surface area contributed by atoms with Gasteiger partial charge in [-0.3, -0.25) is 0 Å². The minimum Gasteiger partial charge on any atom is -0.467 e. The summed E-state index contributed by atoms with van der Waals surface area (Å²) in [4.78, 5) is 11.2. The first-order valence-corrected chi connectivity index (χ1v) is 5.08. The number of furan rings is 1. The van der Waals surface area contributed by atoms with Gasteiger partial charge >= 0.3 is 6.03 Å². The van der Waals surface area contributed by atoms with Crippen LogP contribution in [0.25, 0.3) is 0 Å². The number of carbonyl (C=O) groups excluding carboxylic acids is 1. The Morgan fingerprint density at radius 1 is 1.60 bits per heavy atom. The Kier molecular flexibility index (Phi) is 3.07. The molecular weight excluding hydrogens is 192 g/mol. The maximum atomic E-state index is 11.2. The summed E-state index contributed by atoms with van der Waals surface area (Å²) >= 11 is 0. The van der Waals surface area contributed by atoms with Gasteiger partial charge in [0.15, 0.2) is 0 Å². The molecule has 0 spiro atoms. The number of allylic oxidation sites excluding steroid dienone is 1. The van der Waals surface area contributed by atoms with Crippen molar-refractivity contribution in [1.29, 1.82) is 0 Å². The number of hydrogen-bond donors (Lipinski definition) is 2. The fraction of sp³-hybridized carbons (Fsp3) is 0.364. The lowest BCUT2D eigenvalue weighted by atomic mass is 10.4. The van der Waals surface area contributed by atoms with Gasteiger partial charge in [0.05, 0.1) is 12.8 Å². The molecule has 4 heteroatoms. The SMILES string of the molecule is O=C(N/C=C/C1CC1)NCc1ccco1. The Hall–Kier alpha value is -1.71. The van der Waals surface area contributed by atoms with Gasteiger partial charge in [-0.1, -0.05) is 6.08 Å². The van der Waals surface area contributed by atoms with E-state index in [4.69, 9.17) is 4.42 Å². The molecule has 80 valence electrons. The van der Waals surface area contributed by atoms with E-state index in [9.17, 15) is 4.79 Å². The maximum Gasteiger partial charge on any atom is 0.319 e. The summed E-state index contributed by atoms with van der Waals surface area (Å²) in [5.41, 5.74) is 0. The summed E-state index contributed by atoms with van der Waals surface area (Å²) in [5.74, 6) is 1.42. The summed E-state index contributed by atoms with van der Waals surface area (Å²) in [6, 6.07) is 3.41. The molecule has 0 atom stereocenters. The lowest BCUT2D eigenvalue weighted by molar-refractivity contribution is 0.243. The van der Waals surface area contributed by atoms with Crippen LogP contribution in [0.15, 0.2) is 35.1 Å². The highest BCUT2D eigenvalue weighted by atomic mass is 16.3. The number of amides is 2. The number of rotatable bonds is 4. The van der Waals surface area contributed by atoms with E-state index in [1.807, 2.05) is 12.1 Å². The third-order valence-corrected chi connectivity index (χ3v) is 2.21. The summed E-state index contributed by atoms with van der Waals surface area (Å²) < 4.78 is 5.08. The van der Waals surface area contributed by atoms with Crippen molar-refractivity contribution in [3.8, 4) is 0 Å². The van der Waals surface area contributed by atoms with Crippen molar-refractivity contribution < 1.29 is 9.21 Å². The highest BCUT2D eigenvalue weighted by Crippen LogP contribution is 2.29. The minimum absolute atomic E-state index is 0.205. The molecule has 1 fully saturated rings. The van der Waals surface area contributed by atoms with Crippen molar-refractivity contribution in [1.82, 2.24) is 10.6 Å². The van der Waals surface area contributed by atoms with Crippen LogP contribution in [0.5, 0.6) is 0 Å². The Morgan fingerprint density at radius 3 is 3.13 bits per heavy atom. The molecular formula is C11H14N2O2. The molecule has 0 unspecified atom stereocenters. The molecule has 1 saturated carbocycles. The third-order valence-electron chi connectivity index (χ3n) is 2.21. The van der Waals surface area contributed by atoms with Gasteiger partial charge in [-0.05, 0) is 30.9 Å². The van der Waals surface area contributed by atoms with Crippen LogP contribution in [0.1, 0.15) is 18.6 Å². The topological polar surface area (TPSA) is 54.3 Å². The number of nitrogens with one attached hydrogen (secondary N) is 2. The van der Waals surface area contributed by atoms with Crippen LogP contribution in [0.2, 0.25) is 0 Å². The van der Waals surface area contributed by atoms with E-state index in [1.165, 1.54) is 12.8 Å². The Labute approximate surface area is 88.3 Å². The summed E-state index contributed by atoms with van der Waals surface area (Å²) in [6.45, 7) is 0.413. The van der Waals surface area contributed by atoms with Gasteiger partial charge in [0.2, 0.25) is 0 Å². The van der Waals surface area contributed by atoms with E-state index in [0.717, 1.165) is 5.76 Å². The predicted molar refractivity (Wildman–Crippen MR) is 55.9 cm³/mol.